The van der Waals surface area contributed by atoms with Crippen molar-refractivity contribution in [2.45, 2.75) is 26.2 Å². The van der Waals surface area contributed by atoms with Gasteiger partial charge in [0.15, 0.2) is 0 Å². The van der Waals surface area contributed by atoms with Crippen LogP contribution >= 0.6 is 0 Å². The van der Waals surface area contributed by atoms with Crippen LogP contribution in [0.25, 0.3) is 0 Å². The van der Waals surface area contributed by atoms with Gasteiger partial charge >= 0.3 is 0 Å². The first-order valence-electron chi connectivity index (χ1n) is 8.44. The van der Waals surface area contributed by atoms with Crippen LogP contribution in [0.4, 0.5) is 5.69 Å². The summed E-state index contributed by atoms with van der Waals surface area (Å²) in [5, 5.41) is 5.38. The Hall–Kier alpha value is -2.82. The quantitative estimate of drug-likeness (QED) is 0.774. The standard InChI is InChI=1S/C20H24N2O3/c1-3-4-7-15-10-12-16(13-11-15)22-19(23)14-21-20(24)17-8-5-6-9-18(17)25-2/h5-6,8-13H,3-4,7,14H2,1-2H3,(H,21,24)(H,22,23). The third kappa shape index (κ3) is 5.64. The summed E-state index contributed by atoms with van der Waals surface area (Å²) in [4.78, 5) is 24.2. The minimum atomic E-state index is -0.345. The molecule has 0 bridgehead atoms. The van der Waals surface area contributed by atoms with Gasteiger partial charge in [0, 0.05) is 5.69 Å². The minimum absolute atomic E-state index is 0.103. The smallest absolute Gasteiger partial charge is 0.255 e. The van der Waals surface area contributed by atoms with Crippen molar-refractivity contribution in [3.8, 4) is 5.75 Å². The van der Waals surface area contributed by atoms with Crippen molar-refractivity contribution in [2.75, 3.05) is 19.0 Å². The Morgan fingerprint density at radius 2 is 1.76 bits per heavy atom. The molecule has 25 heavy (non-hydrogen) atoms. The van der Waals surface area contributed by atoms with Crippen molar-refractivity contribution in [1.29, 1.82) is 0 Å². The van der Waals surface area contributed by atoms with Gasteiger partial charge < -0.3 is 15.4 Å². The van der Waals surface area contributed by atoms with E-state index in [1.807, 2.05) is 24.3 Å². The molecule has 0 radical (unpaired) electrons. The molecule has 0 aromatic heterocycles. The molecule has 2 rings (SSSR count). The lowest BCUT2D eigenvalue weighted by Gasteiger charge is -2.10. The predicted molar refractivity (Wildman–Crippen MR) is 99.0 cm³/mol. The molecule has 0 spiro atoms. The van der Waals surface area contributed by atoms with Crippen LogP contribution in [-0.4, -0.2) is 25.5 Å². The van der Waals surface area contributed by atoms with Gasteiger partial charge in [-0.25, -0.2) is 0 Å². The lowest BCUT2D eigenvalue weighted by Crippen LogP contribution is -2.33. The Morgan fingerprint density at radius 1 is 1.04 bits per heavy atom. The van der Waals surface area contributed by atoms with Crippen molar-refractivity contribution < 1.29 is 14.3 Å². The summed E-state index contributed by atoms with van der Waals surface area (Å²) in [5.74, 6) is -0.143. The zero-order valence-electron chi connectivity index (χ0n) is 14.7. The lowest BCUT2D eigenvalue weighted by atomic mass is 10.1. The monoisotopic (exact) mass is 340 g/mol. The lowest BCUT2D eigenvalue weighted by molar-refractivity contribution is -0.115. The van der Waals surface area contributed by atoms with Gasteiger partial charge in [0.2, 0.25) is 5.91 Å². The Kier molecular flexibility index (Phi) is 7.01. The maximum atomic E-state index is 12.2. The van der Waals surface area contributed by atoms with E-state index in [1.54, 1.807) is 24.3 Å². The van der Waals surface area contributed by atoms with Crippen LogP contribution in [0.2, 0.25) is 0 Å². The number of methoxy groups -OCH3 is 1. The summed E-state index contributed by atoms with van der Waals surface area (Å²) in [6.07, 6.45) is 3.35. The zero-order valence-corrected chi connectivity index (χ0v) is 14.7. The van der Waals surface area contributed by atoms with Gasteiger partial charge in [0.25, 0.3) is 5.91 Å². The van der Waals surface area contributed by atoms with E-state index in [1.165, 1.54) is 12.7 Å². The highest BCUT2D eigenvalue weighted by Gasteiger charge is 2.12. The van der Waals surface area contributed by atoms with Crippen LogP contribution in [0.5, 0.6) is 5.75 Å². The number of amides is 2. The molecule has 0 fully saturated rings. The second kappa shape index (κ2) is 9.47. The number of hydrogen-bond acceptors (Lipinski definition) is 3. The number of hydrogen-bond donors (Lipinski definition) is 2. The molecule has 5 nitrogen and oxygen atoms in total. The molecule has 0 aliphatic carbocycles. The number of nitrogens with one attached hydrogen (secondary N) is 2. The third-order valence-corrected chi connectivity index (χ3v) is 3.82. The van der Waals surface area contributed by atoms with Gasteiger partial charge in [-0.15, -0.1) is 0 Å². The summed E-state index contributed by atoms with van der Waals surface area (Å²) in [5.41, 5.74) is 2.37. The van der Waals surface area contributed by atoms with Crippen LogP contribution in [0, 0.1) is 0 Å². The van der Waals surface area contributed by atoms with E-state index in [0.29, 0.717) is 11.3 Å². The first-order chi connectivity index (χ1) is 12.1. The number of carbonyl (C=O) groups excluding carboxylic acids is 2. The van der Waals surface area contributed by atoms with Gasteiger partial charge in [-0.05, 0) is 42.7 Å². The highest BCUT2D eigenvalue weighted by Crippen LogP contribution is 2.16. The molecule has 0 saturated heterocycles. The van der Waals surface area contributed by atoms with Gasteiger partial charge in [-0.2, -0.15) is 0 Å². The molecule has 5 heteroatoms. The second-order valence-corrected chi connectivity index (χ2v) is 5.73. The van der Waals surface area contributed by atoms with Crippen molar-refractivity contribution >= 4 is 17.5 Å². The fourth-order valence-corrected chi connectivity index (χ4v) is 2.43. The molecule has 2 aromatic rings. The van der Waals surface area contributed by atoms with E-state index in [4.69, 9.17) is 4.74 Å². The second-order valence-electron chi connectivity index (χ2n) is 5.73. The summed E-state index contributed by atoms with van der Waals surface area (Å²) in [7, 11) is 1.50. The van der Waals surface area contributed by atoms with E-state index in [0.717, 1.165) is 24.9 Å². The van der Waals surface area contributed by atoms with Crippen molar-refractivity contribution in [2.24, 2.45) is 0 Å². The Bertz CT molecular complexity index is 711. The normalized spacial score (nSPS) is 10.2. The number of rotatable bonds is 8. The molecule has 0 aliphatic heterocycles. The van der Waals surface area contributed by atoms with Crippen molar-refractivity contribution in [3.05, 3.63) is 59.7 Å². The van der Waals surface area contributed by atoms with Crippen LogP contribution in [-0.2, 0) is 11.2 Å². The molecule has 0 aliphatic rings. The minimum Gasteiger partial charge on any atom is -0.496 e. The van der Waals surface area contributed by atoms with Gasteiger partial charge in [0.1, 0.15) is 5.75 Å². The number of unbranched alkanes of at least 4 members (excludes halogenated alkanes) is 1. The molecule has 2 amide bonds. The van der Waals surface area contributed by atoms with Crippen LogP contribution in [0.1, 0.15) is 35.7 Å². The highest BCUT2D eigenvalue weighted by atomic mass is 16.5. The maximum Gasteiger partial charge on any atom is 0.255 e. The summed E-state index contributed by atoms with van der Waals surface area (Å²) >= 11 is 0. The van der Waals surface area contributed by atoms with E-state index in [-0.39, 0.29) is 18.4 Å². The van der Waals surface area contributed by atoms with Crippen LogP contribution in [0.3, 0.4) is 0 Å². The summed E-state index contributed by atoms with van der Waals surface area (Å²) in [6.45, 7) is 2.06. The average Bonchev–Trinajstić information content (AvgIpc) is 2.65. The molecule has 2 aromatic carbocycles. The van der Waals surface area contributed by atoms with E-state index in [2.05, 4.69) is 17.6 Å². The fraction of sp³-hybridized carbons (Fsp3) is 0.300. The van der Waals surface area contributed by atoms with Crippen LogP contribution < -0.4 is 15.4 Å². The molecule has 132 valence electrons. The molecule has 0 saturated carbocycles. The first-order valence-corrected chi connectivity index (χ1v) is 8.44. The van der Waals surface area contributed by atoms with Gasteiger partial charge in [-0.3, -0.25) is 9.59 Å². The number of anilines is 1. The average molecular weight is 340 g/mol. The van der Waals surface area contributed by atoms with E-state index >= 15 is 0 Å². The van der Waals surface area contributed by atoms with E-state index < -0.39 is 0 Å². The van der Waals surface area contributed by atoms with Crippen LogP contribution in [0.15, 0.2) is 48.5 Å². The number of para-hydroxylation sites is 1. The molecule has 0 unspecified atom stereocenters. The molecular weight excluding hydrogens is 316 g/mol. The fourth-order valence-electron chi connectivity index (χ4n) is 2.43. The van der Waals surface area contributed by atoms with Crippen molar-refractivity contribution in [3.63, 3.8) is 0 Å². The zero-order chi connectivity index (χ0) is 18.1. The summed E-state index contributed by atoms with van der Waals surface area (Å²) in [6, 6.07) is 14.7. The Labute approximate surface area is 148 Å². The topological polar surface area (TPSA) is 67.4 Å². The number of ether oxygens (including phenoxy) is 1. The number of benzene rings is 2. The largest absolute Gasteiger partial charge is 0.496 e. The number of carbonyl (C=O) groups is 2. The molecule has 0 heterocycles. The summed E-state index contributed by atoms with van der Waals surface area (Å²) < 4.78 is 5.15. The van der Waals surface area contributed by atoms with E-state index in [9.17, 15) is 9.59 Å². The Morgan fingerprint density at radius 3 is 2.44 bits per heavy atom. The Balaban J connectivity index is 1.85. The molecule has 2 N–H and O–H groups in total. The van der Waals surface area contributed by atoms with Gasteiger partial charge in [0.05, 0.1) is 19.2 Å². The SMILES string of the molecule is CCCCc1ccc(NC(=O)CNC(=O)c2ccccc2OC)cc1. The molecular formula is C20H24N2O3. The third-order valence-electron chi connectivity index (χ3n) is 3.82. The van der Waals surface area contributed by atoms with Crippen molar-refractivity contribution in [1.82, 2.24) is 5.32 Å². The van der Waals surface area contributed by atoms with Gasteiger partial charge in [-0.1, -0.05) is 37.6 Å². The maximum absolute atomic E-state index is 12.2. The predicted octanol–water partition coefficient (Wildman–Crippen LogP) is 3.41. The molecule has 0 atom stereocenters. The highest BCUT2D eigenvalue weighted by molar-refractivity contribution is 6.00. The number of aryl methyl sites for hydroxylation is 1. The first kappa shape index (κ1) is 18.5.